The Kier molecular flexibility index (Phi) is 8.16. The Bertz CT molecular complexity index is 424. The van der Waals surface area contributed by atoms with Gasteiger partial charge >= 0.3 is 0 Å². The number of ether oxygens (including phenoxy) is 4. The molecule has 2 fully saturated rings. The highest BCUT2D eigenvalue weighted by Gasteiger charge is 2.46. The van der Waals surface area contributed by atoms with Crippen LogP contribution in [0.3, 0.4) is 0 Å². The molecule has 2 rings (SSSR count). The first-order valence-corrected chi connectivity index (χ1v) is 8.88. The van der Waals surface area contributed by atoms with E-state index < -0.39 is 55.3 Å². The number of hydrogen-bond acceptors (Lipinski definition) is 10. The summed E-state index contributed by atoms with van der Waals surface area (Å²) in [5.74, 6) is 0. The van der Waals surface area contributed by atoms with Crippen LogP contribution in [0.1, 0.15) is 26.7 Å². The molecule has 0 aromatic rings. The Hall–Kier alpha value is -0.400. The third kappa shape index (κ3) is 5.10. The summed E-state index contributed by atoms with van der Waals surface area (Å²) in [5.41, 5.74) is 0. The molecule has 154 valence electrons. The summed E-state index contributed by atoms with van der Waals surface area (Å²) in [6, 6.07) is 0. The van der Waals surface area contributed by atoms with Gasteiger partial charge in [0.15, 0.2) is 12.6 Å². The fourth-order valence-corrected chi connectivity index (χ4v) is 2.99. The van der Waals surface area contributed by atoms with Gasteiger partial charge in [0.25, 0.3) is 0 Å². The smallest absolute Gasteiger partial charge is 0.186 e. The Morgan fingerprint density at radius 2 is 1.58 bits per heavy atom. The van der Waals surface area contributed by atoms with Crippen molar-refractivity contribution in [2.45, 2.75) is 88.1 Å². The minimum atomic E-state index is -1.50. The minimum Gasteiger partial charge on any atom is -0.388 e. The third-order valence-corrected chi connectivity index (χ3v) is 4.61. The average Bonchev–Trinajstić information content (AvgIpc) is 2.60. The molecule has 2 heterocycles. The lowest BCUT2D eigenvalue weighted by molar-refractivity contribution is -0.326. The normalized spacial score (nSPS) is 45.5. The van der Waals surface area contributed by atoms with Gasteiger partial charge in [-0.3, -0.25) is 0 Å². The standard InChI is InChI=1S/C16H30O10/c1-3-4-7(2)25-16-14(22)12(20)11(19)9(26-16)6-24-15-13(21)10(18)8(17)5-23-15/h7-22H,3-6H2,1-2H3. The SMILES string of the molecule is CCCC(C)OC1OC(COC2OCC(O)C(O)C2O)C(O)C(O)C1O. The maximum atomic E-state index is 10.1. The van der Waals surface area contributed by atoms with Crippen molar-refractivity contribution < 1.29 is 49.6 Å². The lowest BCUT2D eigenvalue weighted by Crippen LogP contribution is -2.60. The van der Waals surface area contributed by atoms with Crippen molar-refractivity contribution in [3.63, 3.8) is 0 Å². The molecule has 0 aromatic heterocycles. The maximum absolute atomic E-state index is 10.1. The molecule has 10 heteroatoms. The molecule has 10 atom stereocenters. The van der Waals surface area contributed by atoms with Gasteiger partial charge in [-0.1, -0.05) is 13.3 Å². The zero-order chi connectivity index (χ0) is 19.4. The van der Waals surface area contributed by atoms with E-state index in [4.69, 9.17) is 18.9 Å². The highest BCUT2D eigenvalue weighted by Crippen LogP contribution is 2.25. The summed E-state index contributed by atoms with van der Waals surface area (Å²) in [7, 11) is 0. The molecule has 0 amide bonds. The van der Waals surface area contributed by atoms with Crippen molar-refractivity contribution in [1.82, 2.24) is 0 Å². The van der Waals surface area contributed by atoms with E-state index in [2.05, 4.69) is 0 Å². The summed E-state index contributed by atoms with van der Waals surface area (Å²) >= 11 is 0. The van der Waals surface area contributed by atoms with E-state index in [1.165, 1.54) is 0 Å². The fraction of sp³-hybridized carbons (Fsp3) is 1.00. The van der Waals surface area contributed by atoms with Crippen LogP contribution in [0, 0.1) is 0 Å². The molecule has 0 spiro atoms. The van der Waals surface area contributed by atoms with Gasteiger partial charge in [0.05, 0.1) is 19.3 Å². The van der Waals surface area contributed by atoms with E-state index >= 15 is 0 Å². The maximum Gasteiger partial charge on any atom is 0.186 e. The van der Waals surface area contributed by atoms with Crippen LogP contribution in [0.2, 0.25) is 0 Å². The summed E-state index contributed by atoms with van der Waals surface area (Å²) in [5, 5.41) is 59.1. The van der Waals surface area contributed by atoms with Crippen LogP contribution in [0.4, 0.5) is 0 Å². The lowest BCUT2D eigenvalue weighted by atomic mass is 9.99. The van der Waals surface area contributed by atoms with Crippen molar-refractivity contribution in [2.24, 2.45) is 0 Å². The molecule has 26 heavy (non-hydrogen) atoms. The van der Waals surface area contributed by atoms with Crippen molar-refractivity contribution in [3.8, 4) is 0 Å². The van der Waals surface area contributed by atoms with E-state index in [1.807, 2.05) is 6.92 Å². The molecule has 0 aliphatic carbocycles. The Morgan fingerprint density at radius 1 is 0.923 bits per heavy atom. The predicted molar refractivity (Wildman–Crippen MR) is 85.8 cm³/mol. The zero-order valence-electron chi connectivity index (χ0n) is 14.9. The number of aliphatic hydroxyl groups excluding tert-OH is 6. The monoisotopic (exact) mass is 382 g/mol. The highest BCUT2D eigenvalue weighted by molar-refractivity contribution is 4.90. The molecule has 6 N–H and O–H groups in total. The Labute approximate surface area is 151 Å². The molecule has 2 aliphatic heterocycles. The first-order valence-electron chi connectivity index (χ1n) is 8.88. The predicted octanol–water partition coefficient (Wildman–Crippen LogP) is -2.55. The van der Waals surface area contributed by atoms with Gasteiger partial charge < -0.3 is 49.6 Å². The van der Waals surface area contributed by atoms with Crippen molar-refractivity contribution in [3.05, 3.63) is 0 Å². The van der Waals surface area contributed by atoms with Crippen LogP contribution in [0.25, 0.3) is 0 Å². The lowest BCUT2D eigenvalue weighted by Gasteiger charge is -2.42. The van der Waals surface area contributed by atoms with Gasteiger partial charge in [-0.15, -0.1) is 0 Å². The Balaban J connectivity index is 1.92. The van der Waals surface area contributed by atoms with Crippen molar-refractivity contribution in [2.75, 3.05) is 13.2 Å². The van der Waals surface area contributed by atoms with Gasteiger partial charge in [-0.25, -0.2) is 0 Å². The van der Waals surface area contributed by atoms with E-state index in [1.54, 1.807) is 6.92 Å². The largest absolute Gasteiger partial charge is 0.388 e. The molecule has 0 bridgehead atoms. The minimum absolute atomic E-state index is 0.219. The topological polar surface area (TPSA) is 158 Å². The molecule has 10 nitrogen and oxygen atoms in total. The van der Waals surface area contributed by atoms with Crippen LogP contribution in [-0.4, -0.2) is 105 Å². The quantitative estimate of drug-likeness (QED) is 0.277. The molecule has 0 radical (unpaired) electrons. The molecule has 0 saturated carbocycles. The van der Waals surface area contributed by atoms with E-state index in [0.29, 0.717) is 0 Å². The van der Waals surface area contributed by atoms with Crippen LogP contribution in [0.5, 0.6) is 0 Å². The molecule has 2 saturated heterocycles. The fourth-order valence-electron chi connectivity index (χ4n) is 2.99. The van der Waals surface area contributed by atoms with Gasteiger partial charge in [-0.2, -0.15) is 0 Å². The van der Waals surface area contributed by atoms with E-state index in [9.17, 15) is 30.6 Å². The van der Waals surface area contributed by atoms with Crippen LogP contribution in [0.15, 0.2) is 0 Å². The second kappa shape index (κ2) is 9.69. The summed E-state index contributed by atoms with van der Waals surface area (Å²) in [6.45, 7) is 3.27. The number of aliphatic hydroxyl groups is 6. The van der Waals surface area contributed by atoms with E-state index in [-0.39, 0.29) is 19.3 Å². The highest BCUT2D eigenvalue weighted by atomic mass is 16.7. The van der Waals surface area contributed by atoms with Crippen LogP contribution >= 0.6 is 0 Å². The second-order valence-corrected chi connectivity index (χ2v) is 6.83. The van der Waals surface area contributed by atoms with E-state index in [0.717, 1.165) is 12.8 Å². The zero-order valence-corrected chi connectivity index (χ0v) is 14.9. The van der Waals surface area contributed by atoms with Crippen molar-refractivity contribution in [1.29, 1.82) is 0 Å². The molecular weight excluding hydrogens is 352 g/mol. The average molecular weight is 382 g/mol. The van der Waals surface area contributed by atoms with Gasteiger partial charge in [0, 0.05) is 0 Å². The van der Waals surface area contributed by atoms with Gasteiger partial charge in [-0.05, 0) is 13.3 Å². The third-order valence-electron chi connectivity index (χ3n) is 4.61. The molecule has 0 aromatic carbocycles. The summed E-state index contributed by atoms with van der Waals surface area (Å²) in [4.78, 5) is 0. The first kappa shape index (κ1) is 21.9. The van der Waals surface area contributed by atoms with Gasteiger partial charge in [0.2, 0.25) is 0 Å². The Morgan fingerprint density at radius 3 is 2.23 bits per heavy atom. The number of hydrogen-bond donors (Lipinski definition) is 6. The first-order chi connectivity index (χ1) is 12.3. The van der Waals surface area contributed by atoms with Gasteiger partial charge in [0.1, 0.15) is 42.7 Å². The second-order valence-electron chi connectivity index (χ2n) is 6.83. The van der Waals surface area contributed by atoms with Crippen LogP contribution < -0.4 is 0 Å². The molecule has 10 unspecified atom stereocenters. The number of rotatable bonds is 7. The van der Waals surface area contributed by atoms with Crippen molar-refractivity contribution >= 4 is 0 Å². The molecular formula is C16H30O10. The summed E-state index contributed by atoms with van der Waals surface area (Å²) < 4.78 is 21.5. The molecule has 2 aliphatic rings. The van der Waals surface area contributed by atoms with Crippen LogP contribution in [-0.2, 0) is 18.9 Å². The summed E-state index contributed by atoms with van der Waals surface area (Å²) in [6.07, 6.45) is -10.5.